The molecule has 0 amide bonds. The van der Waals surface area contributed by atoms with E-state index in [4.69, 9.17) is 16.3 Å². The third-order valence-corrected chi connectivity index (χ3v) is 7.36. The first kappa shape index (κ1) is 22.2. The summed E-state index contributed by atoms with van der Waals surface area (Å²) in [6.45, 7) is 3.45. The molecule has 4 rings (SSSR count). The number of sulfone groups is 1. The molecular weight excluding hydrogens is 456 g/mol. The van der Waals surface area contributed by atoms with Gasteiger partial charge in [-0.05, 0) is 38.0 Å². The zero-order chi connectivity index (χ0) is 23.0. The third kappa shape index (κ3) is 4.61. The van der Waals surface area contributed by atoms with E-state index in [-0.39, 0.29) is 34.9 Å². The Labute approximate surface area is 189 Å². The molecule has 0 aliphatic carbocycles. The Morgan fingerprint density at radius 2 is 2.12 bits per heavy atom. The summed E-state index contributed by atoms with van der Waals surface area (Å²) in [6, 6.07) is 4.57. The summed E-state index contributed by atoms with van der Waals surface area (Å²) < 4.78 is 31.6. The number of ether oxygens (including phenoxy) is 1. The summed E-state index contributed by atoms with van der Waals surface area (Å²) >= 11 is 6.40. The molecule has 0 bridgehead atoms. The molecule has 1 saturated heterocycles. The highest BCUT2D eigenvalue weighted by atomic mass is 35.5. The second-order valence-electron chi connectivity index (χ2n) is 7.75. The van der Waals surface area contributed by atoms with Gasteiger partial charge in [-0.15, -0.1) is 0 Å². The Bertz CT molecular complexity index is 1410. The number of esters is 1. The van der Waals surface area contributed by atoms with Gasteiger partial charge in [-0.1, -0.05) is 17.7 Å². The highest BCUT2D eigenvalue weighted by Crippen LogP contribution is 2.30. The van der Waals surface area contributed by atoms with E-state index >= 15 is 0 Å². The van der Waals surface area contributed by atoms with Crippen LogP contribution in [0.4, 0.5) is 0 Å². The van der Waals surface area contributed by atoms with Crippen molar-refractivity contribution in [3.05, 3.63) is 68.5 Å². The molecule has 1 atom stereocenters. The lowest BCUT2D eigenvalue weighted by Gasteiger charge is -2.09. The number of hydrogen-bond acceptors (Lipinski definition) is 7. The second-order valence-corrected chi connectivity index (χ2v) is 10.3. The molecule has 9 nitrogen and oxygen atoms in total. The van der Waals surface area contributed by atoms with Crippen LogP contribution in [0.1, 0.15) is 35.0 Å². The zero-order valence-electron chi connectivity index (χ0n) is 17.5. The molecular formula is C21H21ClN4O5S. The molecule has 0 aromatic carbocycles. The molecule has 32 heavy (non-hydrogen) atoms. The minimum Gasteiger partial charge on any atom is -0.456 e. The normalized spacial score (nSPS) is 17.9. The SMILES string of the molecule is Cc1ccc2nc(COC(=O)/C=C/c3c(C)nn([C@@H]4CCS(=O)(=O)C4)c3Cl)cc(=O)n2c1. The van der Waals surface area contributed by atoms with Crippen molar-refractivity contribution in [2.24, 2.45) is 0 Å². The van der Waals surface area contributed by atoms with Crippen LogP contribution in [0.3, 0.4) is 0 Å². The predicted molar refractivity (Wildman–Crippen MR) is 119 cm³/mol. The van der Waals surface area contributed by atoms with Crippen molar-refractivity contribution in [1.82, 2.24) is 19.2 Å². The van der Waals surface area contributed by atoms with Crippen LogP contribution in [-0.2, 0) is 26.0 Å². The molecule has 4 heterocycles. The van der Waals surface area contributed by atoms with Gasteiger partial charge in [0.15, 0.2) is 9.84 Å². The fourth-order valence-corrected chi connectivity index (χ4v) is 5.68. The quantitative estimate of drug-likeness (QED) is 0.410. The summed E-state index contributed by atoms with van der Waals surface area (Å²) in [5.41, 5.74) is 2.56. The van der Waals surface area contributed by atoms with E-state index < -0.39 is 15.8 Å². The van der Waals surface area contributed by atoms with Crippen LogP contribution >= 0.6 is 11.6 Å². The zero-order valence-corrected chi connectivity index (χ0v) is 19.1. The van der Waals surface area contributed by atoms with Crippen molar-refractivity contribution < 1.29 is 17.9 Å². The van der Waals surface area contributed by atoms with E-state index in [2.05, 4.69) is 10.1 Å². The minimum atomic E-state index is -3.08. The van der Waals surface area contributed by atoms with Crippen molar-refractivity contribution >= 4 is 39.1 Å². The largest absolute Gasteiger partial charge is 0.456 e. The summed E-state index contributed by atoms with van der Waals surface area (Å²) in [6.07, 6.45) is 4.84. The van der Waals surface area contributed by atoms with Gasteiger partial charge in [0, 0.05) is 23.9 Å². The standard InChI is InChI=1S/C21H21ClN4O5S/c1-13-3-5-18-23-15(9-19(27)25(18)10-13)11-31-20(28)6-4-17-14(2)24-26(21(17)22)16-7-8-32(29,30)12-16/h3-6,9-10,16H,7-8,11-12H2,1-2H3/b6-4+/t16-/m1/s1. The molecule has 3 aromatic rings. The average Bonchev–Trinajstić information content (AvgIpc) is 3.23. The van der Waals surface area contributed by atoms with E-state index in [1.165, 1.54) is 27.3 Å². The minimum absolute atomic E-state index is 0.00263. The van der Waals surface area contributed by atoms with Crippen molar-refractivity contribution in [2.75, 3.05) is 11.5 Å². The number of carbonyl (C=O) groups excluding carboxylic acids is 1. The van der Waals surface area contributed by atoms with Crippen LogP contribution in [-0.4, -0.2) is 45.1 Å². The molecule has 0 spiro atoms. The lowest BCUT2D eigenvalue weighted by molar-refractivity contribution is -0.139. The first-order valence-electron chi connectivity index (χ1n) is 9.92. The van der Waals surface area contributed by atoms with Gasteiger partial charge < -0.3 is 4.74 Å². The number of aryl methyl sites for hydroxylation is 2. The van der Waals surface area contributed by atoms with Gasteiger partial charge >= 0.3 is 5.97 Å². The number of pyridine rings is 1. The molecule has 168 valence electrons. The highest BCUT2D eigenvalue weighted by Gasteiger charge is 2.31. The molecule has 1 aliphatic rings. The van der Waals surface area contributed by atoms with Crippen LogP contribution in [0.5, 0.6) is 0 Å². The number of rotatable bonds is 5. The molecule has 1 aliphatic heterocycles. The molecule has 1 fully saturated rings. The lowest BCUT2D eigenvalue weighted by atomic mass is 10.2. The van der Waals surface area contributed by atoms with Gasteiger partial charge in [0.25, 0.3) is 5.56 Å². The molecule has 0 saturated carbocycles. The van der Waals surface area contributed by atoms with Crippen LogP contribution in [0, 0.1) is 13.8 Å². The van der Waals surface area contributed by atoms with Crippen LogP contribution in [0.25, 0.3) is 11.7 Å². The number of halogens is 1. The Hall–Kier alpha value is -2.98. The smallest absolute Gasteiger partial charge is 0.331 e. The van der Waals surface area contributed by atoms with Gasteiger partial charge in [-0.2, -0.15) is 5.10 Å². The Morgan fingerprint density at radius 1 is 1.34 bits per heavy atom. The van der Waals surface area contributed by atoms with E-state index in [0.717, 1.165) is 5.56 Å². The number of carbonyl (C=O) groups is 1. The highest BCUT2D eigenvalue weighted by molar-refractivity contribution is 7.91. The van der Waals surface area contributed by atoms with Crippen LogP contribution in [0.15, 0.2) is 35.3 Å². The summed E-state index contributed by atoms with van der Waals surface area (Å²) in [4.78, 5) is 28.8. The maximum Gasteiger partial charge on any atom is 0.331 e. The molecule has 0 unspecified atom stereocenters. The Morgan fingerprint density at radius 3 is 2.84 bits per heavy atom. The maximum atomic E-state index is 12.2. The van der Waals surface area contributed by atoms with Gasteiger partial charge in [-0.25, -0.2) is 22.9 Å². The van der Waals surface area contributed by atoms with E-state index in [0.29, 0.717) is 29.0 Å². The number of fused-ring (bicyclic) bond motifs is 1. The molecule has 0 radical (unpaired) electrons. The van der Waals surface area contributed by atoms with Crippen molar-refractivity contribution in [3.8, 4) is 0 Å². The number of aromatic nitrogens is 4. The Kier molecular flexibility index (Phi) is 5.91. The fraction of sp³-hybridized carbons (Fsp3) is 0.333. The predicted octanol–water partition coefficient (Wildman–Crippen LogP) is 2.28. The van der Waals surface area contributed by atoms with E-state index in [9.17, 15) is 18.0 Å². The fourth-order valence-electron chi connectivity index (χ4n) is 3.61. The summed E-state index contributed by atoms with van der Waals surface area (Å²) in [5, 5.41) is 4.62. The van der Waals surface area contributed by atoms with Crippen LogP contribution in [0.2, 0.25) is 5.15 Å². The monoisotopic (exact) mass is 476 g/mol. The lowest BCUT2D eigenvalue weighted by Crippen LogP contribution is -2.16. The third-order valence-electron chi connectivity index (χ3n) is 5.23. The number of nitrogens with zero attached hydrogens (tertiary/aromatic N) is 4. The van der Waals surface area contributed by atoms with Gasteiger partial charge in [0.2, 0.25) is 0 Å². The molecule has 11 heteroatoms. The summed E-state index contributed by atoms with van der Waals surface area (Å²) in [5.74, 6) is -0.532. The van der Waals surface area contributed by atoms with Gasteiger partial charge in [0.05, 0.1) is 28.9 Å². The summed E-state index contributed by atoms with van der Waals surface area (Å²) in [7, 11) is -3.08. The topological polar surface area (TPSA) is 113 Å². The first-order chi connectivity index (χ1) is 15.1. The second kappa shape index (κ2) is 8.51. The van der Waals surface area contributed by atoms with Crippen molar-refractivity contribution in [3.63, 3.8) is 0 Å². The molecule has 3 aromatic heterocycles. The van der Waals surface area contributed by atoms with Crippen molar-refractivity contribution in [1.29, 1.82) is 0 Å². The maximum absolute atomic E-state index is 12.2. The van der Waals surface area contributed by atoms with E-state index in [1.807, 2.05) is 13.0 Å². The van der Waals surface area contributed by atoms with Gasteiger partial charge in [-0.3, -0.25) is 9.20 Å². The number of hydrogen-bond donors (Lipinski definition) is 0. The van der Waals surface area contributed by atoms with Crippen LogP contribution < -0.4 is 5.56 Å². The van der Waals surface area contributed by atoms with E-state index in [1.54, 1.807) is 19.2 Å². The van der Waals surface area contributed by atoms with Crippen molar-refractivity contribution in [2.45, 2.75) is 32.9 Å². The first-order valence-corrected chi connectivity index (χ1v) is 12.1. The molecule has 0 N–H and O–H groups in total. The van der Waals surface area contributed by atoms with Gasteiger partial charge in [0.1, 0.15) is 17.4 Å². The Balaban J connectivity index is 1.45. The average molecular weight is 477 g/mol.